The number of hydrogen-bond acceptors (Lipinski definition) is 6. The van der Waals surface area contributed by atoms with Gasteiger partial charge in [-0.1, -0.05) is 0 Å². The smallest absolute Gasteiger partial charge is 0.274 e. The fourth-order valence-electron chi connectivity index (χ4n) is 2.10. The quantitative estimate of drug-likeness (QED) is 0.680. The molecule has 134 valence electrons. The lowest BCUT2D eigenvalue weighted by molar-refractivity contribution is 0.102. The van der Waals surface area contributed by atoms with Crippen molar-refractivity contribution in [1.29, 1.82) is 0 Å². The van der Waals surface area contributed by atoms with Gasteiger partial charge in [-0.15, -0.1) is 0 Å². The Morgan fingerprint density at radius 3 is 2.64 bits per heavy atom. The van der Waals surface area contributed by atoms with Gasteiger partial charge in [0.05, 0.1) is 6.10 Å². The Hall–Kier alpha value is -2.67. The molecule has 1 heterocycles. The summed E-state index contributed by atoms with van der Waals surface area (Å²) in [7, 11) is 1.66. The molecule has 0 bridgehead atoms. The summed E-state index contributed by atoms with van der Waals surface area (Å²) in [5.74, 6) is 1.08. The molecule has 0 aliphatic rings. The average Bonchev–Trinajstić information content (AvgIpc) is 2.60. The largest absolute Gasteiger partial charge is 0.491 e. The topological polar surface area (TPSA) is 85.4 Å². The molecule has 1 aromatic heterocycles. The summed E-state index contributed by atoms with van der Waals surface area (Å²) in [6, 6.07) is 8.84. The Morgan fingerprint density at radius 1 is 1.20 bits per heavy atom. The maximum absolute atomic E-state index is 12.3. The minimum Gasteiger partial charge on any atom is -0.491 e. The number of benzene rings is 1. The first kappa shape index (κ1) is 18.7. The highest BCUT2D eigenvalue weighted by atomic mass is 16.5. The number of ether oxygens (including phenoxy) is 2. The molecule has 2 aromatic rings. The van der Waals surface area contributed by atoms with Crippen LogP contribution in [-0.4, -0.2) is 42.2 Å². The number of carbonyl (C=O) groups excluding carboxylic acids is 1. The van der Waals surface area contributed by atoms with E-state index in [1.807, 2.05) is 26.0 Å². The van der Waals surface area contributed by atoms with E-state index in [9.17, 15) is 4.79 Å². The van der Waals surface area contributed by atoms with Gasteiger partial charge in [0.1, 0.15) is 23.6 Å². The molecule has 7 nitrogen and oxygen atoms in total. The number of carbonyl (C=O) groups is 1. The van der Waals surface area contributed by atoms with Gasteiger partial charge in [0.2, 0.25) is 0 Å². The van der Waals surface area contributed by atoms with E-state index in [0.717, 1.165) is 12.2 Å². The van der Waals surface area contributed by atoms with Crippen LogP contribution in [0.5, 0.6) is 5.75 Å². The highest BCUT2D eigenvalue weighted by Gasteiger charge is 2.09. The molecule has 2 N–H and O–H groups in total. The van der Waals surface area contributed by atoms with Crippen molar-refractivity contribution in [3.63, 3.8) is 0 Å². The van der Waals surface area contributed by atoms with Crippen LogP contribution in [0, 0.1) is 0 Å². The first-order chi connectivity index (χ1) is 12.1. The zero-order chi connectivity index (χ0) is 18.1. The molecule has 0 saturated heterocycles. The Labute approximate surface area is 147 Å². The molecule has 0 aliphatic carbocycles. The maximum Gasteiger partial charge on any atom is 0.274 e. The number of hydrogen-bond donors (Lipinski definition) is 2. The molecule has 0 fully saturated rings. The summed E-state index contributed by atoms with van der Waals surface area (Å²) < 4.78 is 10.6. The van der Waals surface area contributed by atoms with E-state index in [2.05, 4.69) is 20.6 Å². The van der Waals surface area contributed by atoms with E-state index >= 15 is 0 Å². The Bertz CT molecular complexity index is 674. The number of rotatable bonds is 9. The average molecular weight is 344 g/mol. The third kappa shape index (κ3) is 6.39. The fraction of sp³-hybridized carbons (Fsp3) is 0.389. The lowest BCUT2D eigenvalue weighted by atomic mass is 10.2. The first-order valence-corrected chi connectivity index (χ1v) is 8.21. The molecule has 1 amide bonds. The number of anilines is 2. The summed E-state index contributed by atoms with van der Waals surface area (Å²) in [5.41, 5.74) is 0.973. The van der Waals surface area contributed by atoms with Crippen LogP contribution in [0.4, 0.5) is 11.5 Å². The van der Waals surface area contributed by atoms with Crippen LogP contribution in [-0.2, 0) is 4.74 Å². The van der Waals surface area contributed by atoms with Crippen LogP contribution in [0.25, 0.3) is 0 Å². The fourth-order valence-corrected chi connectivity index (χ4v) is 2.10. The van der Waals surface area contributed by atoms with Crippen LogP contribution in [0.1, 0.15) is 30.8 Å². The normalized spacial score (nSPS) is 10.6. The zero-order valence-corrected chi connectivity index (χ0v) is 14.8. The predicted molar refractivity (Wildman–Crippen MR) is 97.2 cm³/mol. The molecular formula is C18H24N4O3. The van der Waals surface area contributed by atoms with Crippen molar-refractivity contribution < 1.29 is 14.3 Å². The maximum atomic E-state index is 12.3. The summed E-state index contributed by atoms with van der Waals surface area (Å²) >= 11 is 0. The van der Waals surface area contributed by atoms with E-state index in [1.165, 1.54) is 6.33 Å². The molecular weight excluding hydrogens is 320 g/mol. The van der Waals surface area contributed by atoms with Crippen LogP contribution in [0.2, 0.25) is 0 Å². The van der Waals surface area contributed by atoms with Crippen molar-refractivity contribution in [2.75, 3.05) is 30.9 Å². The van der Waals surface area contributed by atoms with Gasteiger partial charge in [-0.05, 0) is 44.5 Å². The molecule has 0 unspecified atom stereocenters. The van der Waals surface area contributed by atoms with E-state index in [-0.39, 0.29) is 12.0 Å². The SMILES string of the molecule is COCCCNc1cc(C(=O)Nc2ccc(OC(C)C)cc2)ncn1. The van der Waals surface area contributed by atoms with Crippen molar-refractivity contribution in [3.05, 3.63) is 42.4 Å². The van der Waals surface area contributed by atoms with Crippen molar-refractivity contribution in [1.82, 2.24) is 9.97 Å². The zero-order valence-electron chi connectivity index (χ0n) is 14.8. The summed E-state index contributed by atoms with van der Waals surface area (Å²) in [4.78, 5) is 20.5. The van der Waals surface area contributed by atoms with E-state index < -0.39 is 0 Å². The molecule has 2 rings (SSSR count). The molecule has 0 atom stereocenters. The van der Waals surface area contributed by atoms with Gasteiger partial charge < -0.3 is 20.1 Å². The minimum atomic E-state index is -0.292. The molecule has 0 saturated carbocycles. The number of nitrogens with zero attached hydrogens (tertiary/aromatic N) is 2. The van der Waals surface area contributed by atoms with Crippen molar-refractivity contribution in [2.45, 2.75) is 26.4 Å². The number of nitrogens with one attached hydrogen (secondary N) is 2. The van der Waals surface area contributed by atoms with Gasteiger partial charge in [-0.25, -0.2) is 9.97 Å². The highest BCUT2D eigenvalue weighted by Crippen LogP contribution is 2.17. The van der Waals surface area contributed by atoms with Gasteiger partial charge in [0.25, 0.3) is 5.91 Å². The lowest BCUT2D eigenvalue weighted by Gasteiger charge is -2.11. The Morgan fingerprint density at radius 2 is 1.96 bits per heavy atom. The molecule has 1 aromatic carbocycles. The predicted octanol–water partition coefficient (Wildman–Crippen LogP) is 2.96. The monoisotopic (exact) mass is 344 g/mol. The molecule has 0 spiro atoms. The van der Waals surface area contributed by atoms with Gasteiger partial charge in [-0.3, -0.25) is 4.79 Å². The van der Waals surface area contributed by atoms with Gasteiger partial charge in [0.15, 0.2) is 0 Å². The van der Waals surface area contributed by atoms with Crippen molar-refractivity contribution in [2.24, 2.45) is 0 Å². The second kappa shape index (κ2) is 9.58. The van der Waals surface area contributed by atoms with Gasteiger partial charge in [0, 0.05) is 32.0 Å². The number of aromatic nitrogens is 2. The van der Waals surface area contributed by atoms with Crippen LogP contribution in [0.3, 0.4) is 0 Å². The first-order valence-electron chi connectivity index (χ1n) is 8.21. The highest BCUT2D eigenvalue weighted by molar-refractivity contribution is 6.03. The van der Waals surface area contributed by atoms with Crippen molar-refractivity contribution >= 4 is 17.4 Å². The van der Waals surface area contributed by atoms with Crippen LogP contribution < -0.4 is 15.4 Å². The standard InChI is InChI=1S/C18H24N4O3/c1-13(2)25-15-7-5-14(6-8-15)22-18(23)16-11-17(21-12-20-16)19-9-4-10-24-3/h5-8,11-13H,4,9-10H2,1-3H3,(H,22,23)(H,19,20,21). The molecule has 0 aliphatic heterocycles. The Kier molecular flexibility index (Phi) is 7.16. The second-order valence-corrected chi connectivity index (χ2v) is 5.71. The summed E-state index contributed by atoms with van der Waals surface area (Å²) in [6.45, 7) is 5.31. The third-order valence-corrected chi connectivity index (χ3v) is 3.22. The minimum absolute atomic E-state index is 0.108. The lowest BCUT2D eigenvalue weighted by Crippen LogP contribution is -2.15. The van der Waals surface area contributed by atoms with Crippen LogP contribution in [0.15, 0.2) is 36.7 Å². The van der Waals surface area contributed by atoms with Crippen LogP contribution >= 0.6 is 0 Å². The number of amides is 1. The Balaban J connectivity index is 1.93. The summed E-state index contributed by atoms with van der Waals surface area (Å²) in [5, 5.41) is 5.95. The van der Waals surface area contributed by atoms with E-state index in [1.54, 1.807) is 25.3 Å². The van der Waals surface area contributed by atoms with E-state index in [4.69, 9.17) is 9.47 Å². The van der Waals surface area contributed by atoms with Gasteiger partial charge in [-0.2, -0.15) is 0 Å². The molecule has 25 heavy (non-hydrogen) atoms. The third-order valence-electron chi connectivity index (χ3n) is 3.22. The summed E-state index contributed by atoms with van der Waals surface area (Å²) in [6.07, 6.45) is 2.33. The van der Waals surface area contributed by atoms with E-state index in [0.29, 0.717) is 30.4 Å². The molecule has 7 heteroatoms. The second-order valence-electron chi connectivity index (χ2n) is 5.71. The van der Waals surface area contributed by atoms with Gasteiger partial charge >= 0.3 is 0 Å². The van der Waals surface area contributed by atoms with Crippen molar-refractivity contribution in [3.8, 4) is 5.75 Å². The molecule has 0 radical (unpaired) electrons. The number of methoxy groups -OCH3 is 1.